The van der Waals surface area contributed by atoms with Crippen molar-refractivity contribution >= 4 is 11.8 Å². The summed E-state index contributed by atoms with van der Waals surface area (Å²) >= 11 is 0. The van der Waals surface area contributed by atoms with E-state index in [0.29, 0.717) is 0 Å². The van der Waals surface area contributed by atoms with Gasteiger partial charge in [0.1, 0.15) is 0 Å². The summed E-state index contributed by atoms with van der Waals surface area (Å²) in [6.07, 6.45) is 7.05. The van der Waals surface area contributed by atoms with Crippen LogP contribution in [0.15, 0.2) is 65.2 Å². The van der Waals surface area contributed by atoms with Gasteiger partial charge in [0.15, 0.2) is 0 Å². The Morgan fingerprint density at radius 1 is 1.12 bits per heavy atom. The highest BCUT2D eigenvalue weighted by Gasteiger charge is 1.87. The summed E-state index contributed by atoms with van der Waals surface area (Å²) in [6.45, 7) is 2.04. The Balaban J connectivity index is 1.98. The lowest BCUT2D eigenvalue weighted by Crippen LogP contribution is -1.71. The van der Waals surface area contributed by atoms with Crippen LogP contribution in [0.5, 0.6) is 0 Å². The number of pyridine rings is 1. The normalized spacial score (nSPS) is 11.4. The van der Waals surface area contributed by atoms with Crippen molar-refractivity contribution < 1.29 is 0 Å². The van der Waals surface area contributed by atoms with Crippen molar-refractivity contribution in [3.63, 3.8) is 0 Å². The third-order valence-electron chi connectivity index (χ3n) is 2.23. The zero-order valence-electron chi connectivity index (χ0n) is 9.62. The third-order valence-corrected chi connectivity index (χ3v) is 2.23. The molecular weight excluding hydrogens is 210 g/mol. The Hall–Kier alpha value is -2.29. The van der Waals surface area contributed by atoms with Gasteiger partial charge in [-0.05, 0) is 36.8 Å². The fourth-order valence-corrected chi connectivity index (χ4v) is 1.31. The van der Waals surface area contributed by atoms with Gasteiger partial charge in [0.05, 0.1) is 11.9 Å². The van der Waals surface area contributed by atoms with Crippen molar-refractivity contribution in [1.29, 1.82) is 0 Å². The quantitative estimate of drug-likeness (QED) is 0.720. The highest BCUT2D eigenvalue weighted by atomic mass is 15.1. The summed E-state index contributed by atoms with van der Waals surface area (Å²) in [4.78, 5) is 4.01. The molecule has 0 atom stereocenters. The SMILES string of the molecule is Cc1ccc(N=N/C=C/c2cccnc2)cc1. The minimum atomic E-state index is 0.853. The van der Waals surface area contributed by atoms with Gasteiger partial charge in [0, 0.05) is 12.4 Å². The Labute approximate surface area is 101 Å². The molecule has 0 aliphatic carbocycles. The number of benzene rings is 1. The summed E-state index contributed by atoms with van der Waals surface area (Å²) in [5, 5.41) is 8.06. The van der Waals surface area contributed by atoms with Crippen LogP contribution >= 0.6 is 0 Å². The number of rotatable bonds is 3. The van der Waals surface area contributed by atoms with E-state index in [1.807, 2.05) is 49.4 Å². The van der Waals surface area contributed by atoms with Crippen LogP contribution in [-0.4, -0.2) is 4.98 Å². The molecule has 0 amide bonds. The summed E-state index contributed by atoms with van der Waals surface area (Å²) in [5.74, 6) is 0. The van der Waals surface area contributed by atoms with Gasteiger partial charge in [-0.2, -0.15) is 10.2 Å². The maximum absolute atomic E-state index is 4.08. The topological polar surface area (TPSA) is 37.6 Å². The molecule has 3 nitrogen and oxygen atoms in total. The second-order valence-corrected chi connectivity index (χ2v) is 3.65. The van der Waals surface area contributed by atoms with Crippen LogP contribution in [-0.2, 0) is 0 Å². The molecule has 0 aliphatic heterocycles. The van der Waals surface area contributed by atoms with Gasteiger partial charge in [-0.1, -0.05) is 23.8 Å². The number of nitrogens with zero attached hydrogens (tertiary/aromatic N) is 3. The van der Waals surface area contributed by atoms with E-state index in [0.717, 1.165) is 11.3 Å². The van der Waals surface area contributed by atoms with Gasteiger partial charge in [-0.3, -0.25) is 4.98 Å². The molecule has 0 fully saturated rings. The summed E-state index contributed by atoms with van der Waals surface area (Å²) in [7, 11) is 0. The van der Waals surface area contributed by atoms with Crippen LogP contribution in [0, 0.1) is 6.92 Å². The predicted octanol–water partition coefficient (Wildman–Crippen LogP) is 4.14. The first-order valence-corrected chi connectivity index (χ1v) is 5.39. The maximum Gasteiger partial charge on any atom is 0.0857 e. The van der Waals surface area contributed by atoms with E-state index in [9.17, 15) is 0 Å². The molecule has 1 aromatic heterocycles. The predicted molar refractivity (Wildman–Crippen MR) is 69.0 cm³/mol. The van der Waals surface area contributed by atoms with E-state index in [2.05, 4.69) is 15.2 Å². The van der Waals surface area contributed by atoms with Crippen molar-refractivity contribution in [3.05, 3.63) is 66.1 Å². The fourth-order valence-electron chi connectivity index (χ4n) is 1.31. The summed E-state index contributed by atoms with van der Waals surface area (Å²) in [6, 6.07) is 11.8. The smallest absolute Gasteiger partial charge is 0.0857 e. The first-order valence-electron chi connectivity index (χ1n) is 5.39. The lowest BCUT2D eigenvalue weighted by atomic mass is 10.2. The van der Waals surface area contributed by atoms with Crippen molar-refractivity contribution in [2.24, 2.45) is 10.2 Å². The molecule has 0 radical (unpaired) electrons. The lowest BCUT2D eigenvalue weighted by molar-refractivity contribution is 1.23. The Morgan fingerprint density at radius 3 is 2.65 bits per heavy atom. The minimum absolute atomic E-state index is 0.853. The minimum Gasteiger partial charge on any atom is -0.264 e. The zero-order chi connectivity index (χ0) is 11.9. The number of aryl methyl sites for hydroxylation is 1. The van der Waals surface area contributed by atoms with E-state index in [4.69, 9.17) is 0 Å². The van der Waals surface area contributed by atoms with Crippen LogP contribution in [0.1, 0.15) is 11.1 Å². The third kappa shape index (κ3) is 3.65. The number of azo groups is 1. The van der Waals surface area contributed by atoms with E-state index in [1.165, 1.54) is 5.56 Å². The molecule has 17 heavy (non-hydrogen) atoms. The Kier molecular flexibility index (Phi) is 3.76. The maximum atomic E-state index is 4.08. The molecule has 1 aromatic carbocycles. The first-order chi connectivity index (χ1) is 8.34. The molecule has 0 bridgehead atoms. The molecule has 0 spiro atoms. The van der Waals surface area contributed by atoms with Gasteiger partial charge in [-0.25, -0.2) is 0 Å². The van der Waals surface area contributed by atoms with E-state index < -0.39 is 0 Å². The van der Waals surface area contributed by atoms with Crippen LogP contribution in [0.25, 0.3) is 6.08 Å². The number of hydrogen-bond donors (Lipinski definition) is 0. The Bertz CT molecular complexity index is 513. The van der Waals surface area contributed by atoms with Crippen molar-refractivity contribution in [2.75, 3.05) is 0 Å². The first kappa shape index (κ1) is 11.2. The largest absolute Gasteiger partial charge is 0.264 e. The summed E-state index contributed by atoms with van der Waals surface area (Å²) < 4.78 is 0. The van der Waals surface area contributed by atoms with Crippen molar-refractivity contribution in [3.8, 4) is 0 Å². The molecule has 0 saturated carbocycles. The van der Waals surface area contributed by atoms with E-state index >= 15 is 0 Å². The van der Waals surface area contributed by atoms with Crippen LogP contribution in [0.2, 0.25) is 0 Å². The van der Waals surface area contributed by atoms with Crippen LogP contribution in [0.4, 0.5) is 5.69 Å². The lowest BCUT2D eigenvalue weighted by Gasteiger charge is -1.92. The molecule has 84 valence electrons. The zero-order valence-corrected chi connectivity index (χ0v) is 9.62. The molecule has 2 rings (SSSR count). The van der Waals surface area contributed by atoms with Gasteiger partial charge in [-0.15, -0.1) is 0 Å². The number of hydrogen-bond acceptors (Lipinski definition) is 3. The molecule has 0 unspecified atom stereocenters. The van der Waals surface area contributed by atoms with Gasteiger partial charge < -0.3 is 0 Å². The molecule has 2 aromatic rings. The standard InChI is InChI=1S/C14H13N3/c1-12-4-6-14(7-5-12)17-16-10-8-13-3-2-9-15-11-13/h2-11H,1H3/b10-8+,17-16?. The van der Waals surface area contributed by atoms with Gasteiger partial charge in [0.25, 0.3) is 0 Å². The monoisotopic (exact) mass is 223 g/mol. The second-order valence-electron chi connectivity index (χ2n) is 3.65. The van der Waals surface area contributed by atoms with E-state index in [-0.39, 0.29) is 0 Å². The van der Waals surface area contributed by atoms with Crippen LogP contribution < -0.4 is 0 Å². The van der Waals surface area contributed by atoms with Crippen molar-refractivity contribution in [2.45, 2.75) is 6.92 Å². The molecule has 0 aliphatic rings. The molecule has 1 heterocycles. The van der Waals surface area contributed by atoms with Crippen molar-refractivity contribution in [1.82, 2.24) is 4.98 Å². The van der Waals surface area contributed by atoms with Gasteiger partial charge >= 0.3 is 0 Å². The molecule has 0 N–H and O–H groups in total. The Morgan fingerprint density at radius 2 is 1.94 bits per heavy atom. The van der Waals surface area contributed by atoms with Gasteiger partial charge in [0.2, 0.25) is 0 Å². The highest BCUT2D eigenvalue weighted by Crippen LogP contribution is 2.13. The highest BCUT2D eigenvalue weighted by molar-refractivity contribution is 5.47. The average molecular weight is 223 g/mol. The fraction of sp³-hybridized carbons (Fsp3) is 0.0714. The number of aromatic nitrogens is 1. The summed E-state index contributed by atoms with van der Waals surface area (Å²) in [5.41, 5.74) is 3.08. The second kappa shape index (κ2) is 5.70. The van der Waals surface area contributed by atoms with Crippen LogP contribution in [0.3, 0.4) is 0 Å². The molecule has 0 saturated heterocycles. The van der Waals surface area contributed by atoms with E-state index in [1.54, 1.807) is 18.6 Å². The molecule has 3 heteroatoms. The average Bonchev–Trinajstić information content (AvgIpc) is 2.38. The molecular formula is C14H13N3.